The van der Waals surface area contributed by atoms with E-state index in [1.807, 2.05) is 6.08 Å². The van der Waals surface area contributed by atoms with Crippen LogP contribution in [0.5, 0.6) is 0 Å². The van der Waals surface area contributed by atoms with Crippen LogP contribution in [-0.4, -0.2) is 10.3 Å². The first-order chi connectivity index (χ1) is 29.6. The van der Waals surface area contributed by atoms with Crippen molar-refractivity contribution >= 4 is 46.6 Å². The molecular formula is C58H65N3. The third kappa shape index (κ3) is 12.1. The van der Waals surface area contributed by atoms with Crippen molar-refractivity contribution in [3.63, 3.8) is 0 Å². The molecule has 3 nitrogen and oxygen atoms in total. The van der Waals surface area contributed by atoms with Gasteiger partial charge >= 0.3 is 0 Å². The Kier molecular flexibility index (Phi) is 17.0. The fourth-order valence-corrected chi connectivity index (χ4v) is 7.45. The Bertz CT molecular complexity index is 2420. The van der Waals surface area contributed by atoms with Gasteiger partial charge in [0.15, 0.2) is 0 Å². The van der Waals surface area contributed by atoms with Gasteiger partial charge < -0.3 is 9.47 Å². The van der Waals surface area contributed by atoms with E-state index in [0.717, 1.165) is 93.5 Å². The van der Waals surface area contributed by atoms with Gasteiger partial charge in [0.25, 0.3) is 0 Å². The summed E-state index contributed by atoms with van der Waals surface area (Å²) in [6, 6.07) is 37.0. The van der Waals surface area contributed by atoms with Crippen LogP contribution in [0.4, 0.5) is 17.1 Å². The standard InChI is InChI=1S/C58H65N3/c1-11-15-16-22-28-56(43(5)6)59-47(10)48(13-3)42-50(25-19-17-23-29-57-46(9)55(14-4)58(24-12-2)61(57)51-26-20-18-21-27-51)49-34-40-54(41-35-49)60(52-36-30-44(7)31-37-52)53-38-32-45(8)33-39-53/h12-16,18-21,23-27,29-42H,4,11,17,22,28H2,1-3,5-10H3/b16-15-,24-12-,25-19+,29-23-,48-13+,50-42+,59-47?. The largest absolute Gasteiger partial charge is 0.311 e. The van der Waals surface area contributed by atoms with Crippen molar-refractivity contribution in [3.05, 3.63) is 214 Å². The molecule has 1 aromatic heterocycles. The topological polar surface area (TPSA) is 20.5 Å². The van der Waals surface area contributed by atoms with E-state index >= 15 is 0 Å². The molecule has 5 rings (SSSR count). The number of allylic oxidation sites excluding steroid dienone is 12. The van der Waals surface area contributed by atoms with Gasteiger partial charge in [-0.1, -0.05) is 133 Å². The fraction of sp³-hybridized carbons (Fsp3) is 0.224. The summed E-state index contributed by atoms with van der Waals surface area (Å²) in [4.78, 5) is 7.54. The average Bonchev–Trinajstić information content (AvgIpc) is 3.53. The summed E-state index contributed by atoms with van der Waals surface area (Å²) in [7, 11) is 0. The monoisotopic (exact) mass is 804 g/mol. The van der Waals surface area contributed by atoms with Gasteiger partial charge in [0.1, 0.15) is 0 Å². The molecule has 0 N–H and O–H groups in total. The summed E-state index contributed by atoms with van der Waals surface area (Å²) in [5, 5.41) is 0. The first kappa shape index (κ1) is 45.6. The minimum absolute atomic E-state index is 0.761. The lowest BCUT2D eigenvalue weighted by Crippen LogP contribution is -2.10. The Balaban J connectivity index is 1.54. The molecule has 0 spiro atoms. The van der Waals surface area contributed by atoms with Gasteiger partial charge in [-0.25, -0.2) is 0 Å². The van der Waals surface area contributed by atoms with Gasteiger partial charge in [0.05, 0.1) is 5.69 Å². The van der Waals surface area contributed by atoms with Gasteiger partial charge in [-0.3, -0.25) is 4.99 Å². The van der Waals surface area contributed by atoms with E-state index in [9.17, 15) is 0 Å². The maximum absolute atomic E-state index is 5.22. The number of benzene rings is 4. The van der Waals surface area contributed by atoms with Crippen LogP contribution >= 0.6 is 0 Å². The summed E-state index contributed by atoms with van der Waals surface area (Å²) < 4.78 is 2.33. The van der Waals surface area contributed by atoms with Gasteiger partial charge in [-0.05, 0) is 170 Å². The highest BCUT2D eigenvalue weighted by molar-refractivity contribution is 6.03. The van der Waals surface area contributed by atoms with Crippen LogP contribution in [-0.2, 0) is 0 Å². The lowest BCUT2D eigenvalue weighted by molar-refractivity contribution is 0.930. The molecule has 0 amide bonds. The number of nitrogens with zero attached hydrogens (tertiary/aromatic N) is 3. The second kappa shape index (κ2) is 22.8. The van der Waals surface area contributed by atoms with Crippen LogP contribution in [0.25, 0.3) is 29.5 Å². The molecule has 0 radical (unpaired) electrons. The third-order valence-electron chi connectivity index (χ3n) is 10.8. The van der Waals surface area contributed by atoms with Crippen LogP contribution in [0.15, 0.2) is 180 Å². The molecule has 0 saturated carbocycles. The summed E-state index contributed by atoms with van der Waals surface area (Å²) in [5.74, 6) is 0. The first-order valence-electron chi connectivity index (χ1n) is 21.8. The Morgan fingerprint density at radius 1 is 0.705 bits per heavy atom. The molecule has 0 saturated heterocycles. The quantitative estimate of drug-likeness (QED) is 0.0491. The van der Waals surface area contributed by atoms with Crippen LogP contribution in [0, 0.1) is 20.8 Å². The minimum atomic E-state index is 0.761. The highest BCUT2D eigenvalue weighted by Crippen LogP contribution is 2.36. The predicted octanol–water partition coefficient (Wildman–Crippen LogP) is 17.0. The number of rotatable bonds is 18. The summed E-state index contributed by atoms with van der Waals surface area (Å²) in [6.45, 7) is 23.4. The Morgan fingerprint density at radius 3 is 1.85 bits per heavy atom. The second-order valence-electron chi connectivity index (χ2n) is 15.7. The number of aryl methyl sites for hydroxylation is 2. The van der Waals surface area contributed by atoms with E-state index in [-0.39, 0.29) is 0 Å². The zero-order valence-corrected chi connectivity index (χ0v) is 38.0. The molecule has 0 aliphatic rings. The minimum Gasteiger partial charge on any atom is -0.311 e. The zero-order chi connectivity index (χ0) is 43.7. The van der Waals surface area contributed by atoms with Gasteiger partial charge in [-0.2, -0.15) is 0 Å². The molecule has 1 heterocycles. The highest BCUT2D eigenvalue weighted by Gasteiger charge is 2.17. The Labute approximate surface area is 367 Å². The normalized spacial score (nSPS) is 12.7. The van der Waals surface area contributed by atoms with Gasteiger partial charge in [-0.15, -0.1) is 0 Å². The predicted molar refractivity (Wildman–Crippen MR) is 271 cm³/mol. The number of hydrogen-bond acceptors (Lipinski definition) is 2. The van der Waals surface area contributed by atoms with Crippen molar-refractivity contribution < 1.29 is 0 Å². The van der Waals surface area contributed by atoms with Crippen molar-refractivity contribution in [3.8, 4) is 5.69 Å². The average molecular weight is 804 g/mol. The SMILES string of the molecule is C=Cc1c(C)c(/C=C\C/C=C/C(=C\C(=C/C)C(C)=NC(CC/C=C\CC)=C(C)C)c2ccc(N(c3ccc(C)cc3)c3ccc(C)cc3)cc2)n(-c2ccccc2)c1/C=C\C. The molecule has 4 aromatic carbocycles. The number of para-hydroxylation sites is 1. The molecule has 0 aliphatic carbocycles. The Hall–Kier alpha value is -6.45. The molecule has 0 atom stereocenters. The summed E-state index contributed by atoms with van der Waals surface area (Å²) >= 11 is 0. The Morgan fingerprint density at radius 2 is 1.31 bits per heavy atom. The van der Waals surface area contributed by atoms with E-state index < -0.39 is 0 Å². The van der Waals surface area contributed by atoms with Gasteiger partial charge in [0.2, 0.25) is 0 Å². The van der Waals surface area contributed by atoms with E-state index in [1.165, 1.54) is 22.3 Å². The molecule has 0 fully saturated rings. The number of aromatic nitrogens is 1. The first-order valence-corrected chi connectivity index (χ1v) is 21.8. The number of hydrogen-bond donors (Lipinski definition) is 0. The van der Waals surface area contributed by atoms with Crippen LogP contribution in [0.3, 0.4) is 0 Å². The van der Waals surface area contributed by atoms with E-state index in [2.05, 4.69) is 242 Å². The molecule has 3 heteroatoms. The maximum Gasteiger partial charge on any atom is 0.0534 e. The van der Waals surface area contributed by atoms with E-state index in [4.69, 9.17) is 4.99 Å². The molecule has 0 unspecified atom stereocenters. The lowest BCUT2D eigenvalue weighted by atomic mass is 9.99. The highest BCUT2D eigenvalue weighted by atomic mass is 15.1. The molecule has 0 bridgehead atoms. The van der Waals surface area contributed by atoms with Crippen LogP contribution in [0.2, 0.25) is 0 Å². The van der Waals surface area contributed by atoms with Crippen molar-refractivity contribution in [2.24, 2.45) is 4.99 Å². The number of aliphatic imine (C=N–C) groups is 1. The fourth-order valence-electron chi connectivity index (χ4n) is 7.45. The van der Waals surface area contributed by atoms with Crippen LogP contribution in [0.1, 0.15) is 106 Å². The summed E-state index contributed by atoms with van der Waals surface area (Å²) in [6.07, 6.45) is 28.0. The second-order valence-corrected chi connectivity index (χ2v) is 15.7. The number of anilines is 3. The van der Waals surface area contributed by atoms with Gasteiger partial charge in [0, 0.05) is 45.4 Å². The van der Waals surface area contributed by atoms with Crippen molar-refractivity contribution in [2.75, 3.05) is 4.90 Å². The zero-order valence-electron chi connectivity index (χ0n) is 38.0. The van der Waals surface area contributed by atoms with Crippen molar-refractivity contribution in [2.45, 2.75) is 88.0 Å². The summed E-state index contributed by atoms with van der Waals surface area (Å²) in [5.41, 5.74) is 18.4. The molecule has 0 aliphatic heterocycles. The molecule has 5 aromatic rings. The van der Waals surface area contributed by atoms with Crippen molar-refractivity contribution in [1.29, 1.82) is 0 Å². The smallest absolute Gasteiger partial charge is 0.0534 e. The molecule has 61 heavy (non-hydrogen) atoms. The maximum atomic E-state index is 5.22. The van der Waals surface area contributed by atoms with Crippen LogP contribution < -0.4 is 4.90 Å². The lowest BCUT2D eigenvalue weighted by Gasteiger charge is -2.26. The molecule has 312 valence electrons. The molecular weight excluding hydrogens is 739 g/mol. The van der Waals surface area contributed by atoms with Crippen molar-refractivity contribution in [1.82, 2.24) is 4.57 Å². The van der Waals surface area contributed by atoms with E-state index in [1.54, 1.807) is 0 Å². The van der Waals surface area contributed by atoms with E-state index in [0.29, 0.717) is 0 Å². The third-order valence-corrected chi connectivity index (χ3v) is 10.8.